The van der Waals surface area contributed by atoms with Crippen molar-refractivity contribution in [2.75, 3.05) is 0 Å². The Bertz CT molecular complexity index is 1870. The van der Waals surface area contributed by atoms with Gasteiger partial charge in [0.15, 0.2) is 17.6 Å². The minimum atomic E-state index is -1.59. The average molecular weight is 665 g/mol. The van der Waals surface area contributed by atoms with Crippen LogP contribution < -0.4 is 10.2 Å². The molecule has 4 fully saturated rings. The van der Waals surface area contributed by atoms with Gasteiger partial charge in [0.05, 0.1) is 21.8 Å². The third kappa shape index (κ3) is 3.68. The van der Waals surface area contributed by atoms with Crippen LogP contribution in [0.25, 0.3) is 11.0 Å². The number of aryl methyl sites for hydroxylation is 1. The predicted molar refractivity (Wildman–Crippen MR) is 170 cm³/mol. The third-order valence-corrected chi connectivity index (χ3v) is 13.4. The topological polar surface area (TPSA) is 145 Å². The van der Waals surface area contributed by atoms with Gasteiger partial charge in [0.1, 0.15) is 22.7 Å². The summed E-state index contributed by atoms with van der Waals surface area (Å²) in [6.07, 6.45) is -0.0693. The van der Waals surface area contributed by atoms with Crippen molar-refractivity contribution in [3.05, 3.63) is 39.7 Å². The number of carbonyl (C=O) groups is 4. The van der Waals surface area contributed by atoms with Crippen molar-refractivity contribution in [2.24, 2.45) is 21.7 Å². The summed E-state index contributed by atoms with van der Waals surface area (Å²) in [4.78, 5) is 68.5. The normalized spacial score (nSPS) is 36.3. The molecule has 4 heterocycles. The number of hydrogen-bond acceptors (Lipinski definition) is 11. The number of ether oxygens (including phenoxy) is 5. The third-order valence-electron chi connectivity index (χ3n) is 13.4. The molecule has 11 nitrogen and oxygen atoms in total. The number of carbonyl (C=O) groups excluding carboxylic acids is 4. The molecule has 0 radical (unpaired) electrons. The molecular formula is C37H44O11. The maximum atomic E-state index is 14.5. The van der Waals surface area contributed by atoms with Gasteiger partial charge in [-0.05, 0) is 71.9 Å². The molecule has 0 amide bonds. The van der Waals surface area contributed by atoms with Crippen molar-refractivity contribution in [3.63, 3.8) is 0 Å². The molecule has 258 valence electrons. The summed E-state index contributed by atoms with van der Waals surface area (Å²) in [6.45, 7) is 16.3. The molecule has 1 aromatic heterocycles. The summed E-state index contributed by atoms with van der Waals surface area (Å²) in [6, 6.07) is 4.65. The van der Waals surface area contributed by atoms with Crippen LogP contribution >= 0.6 is 0 Å². The van der Waals surface area contributed by atoms with Crippen LogP contribution in [0.5, 0.6) is 5.75 Å². The lowest BCUT2D eigenvalue weighted by Gasteiger charge is -2.45. The summed E-state index contributed by atoms with van der Waals surface area (Å²) in [7, 11) is 0. The quantitative estimate of drug-likeness (QED) is 0.279. The van der Waals surface area contributed by atoms with Gasteiger partial charge in [0.25, 0.3) is 0 Å². The second kappa shape index (κ2) is 9.63. The van der Waals surface area contributed by atoms with Gasteiger partial charge < -0.3 is 28.1 Å². The molecule has 4 bridgehead atoms. The highest BCUT2D eigenvalue weighted by Crippen LogP contribution is 2.67. The van der Waals surface area contributed by atoms with E-state index in [-0.39, 0.29) is 40.6 Å². The lowest BCUT2D eigenvalue weighted by Crippen LogP contribution is -2.57. The van der Waals surface area contributed by atoms with Crippen LogP contribution in [0.15, 0.2) is 27.4 Å². The predicted octanol–water partition coefficient (Wildman–Crippen LogP) is 5.66. The maximum Gasteiger partial charge on any atom is 0.351 e. The van der Waals surface area contributed by atoms with Crippen LogP contribution in [0.2, 0.25) is 0 Å². The summed E-state index contributed by atoms with van der Waals surface area (Å²) in [5, 5.41) is 0.235. The zero-order valence-corrected chi connectivity index (χ0v) is 29.1. The lowest BCUT2D eigenvalue weighted by atomic mass is 9.66. The largest absolute Gasteiger partial charge is 0.483 e. The molecule has 11 heteroatoms. The fourth-order valence-electron chi connectivity index (χ4n) is 9.01. The minimum absolute atomic E-state index is 0.147. The number of hydrogen-bond donors (Lipinski definition) is 0. The molecule has 0 N–H and O–H groups in total. The molecule has 3 aliphatic heterocycles. The van der Waals surface area contributed by atoms with Gasteiger partial charge in [-0.15, -0.1) is 0 Å². The zero-order chi connectivity index (χ0) is 35.0. The monoisotopic (exact) mass is 664 g/mol. The van der Waals surface area contributed by atoms with Crippen molar-refractivity contribution in [3.8, 4) is 5.75 Å². The SMILES string of the molecule is CCCc1cc(=O)c2ccc3c(c2o1)[C@@H](OC(=O)[C@]12CC[C@](C)(C(=O)O1)C2(C)C)[C@@H](OC(=O)[C@]12CC[C@](C)(C(=O)O1)C2(C)C)C(C)(C)O3. The van der Waals surface area contributed by atoms with Gasteiger partial charge in [0, 0.05) is 23.3 Å². The van der Waals surface area contributed by atoms with E-state index < -0.39 is 74.5 Å². The van der Waals surface area contributed by atoms with Crippen molar-refractivity contribution in [1.29, 1.82) is 0 Å². The summed E-state index contributed by atoms with van der Waals surface area (Å²) in [5.41, 5.74) is -7.97. The molecule has 6 atom stereocenters. The first-order chi connectivity index (χ1) is 22.2. The van der Waals surface area contributed by atoms with E-state index in [2.05, 4.69) is 0 Å². The lowest BCUT2D eigenvalue weighted by molar-refractivity contribution is -0.217. The second-order valence-electron chi connectivity index (χ2n) is 16.4. The van der Waals surface area contributed by atoms with Crippen LogP contribution in [0.4, 0.5) is 0 Å². The molecule has 0 unspecified atom stereocenters. The van der Waals surface area contributed by atoms with Gasteiger partial charge in [-0.2, -0.15) is 0 Å². The van der Waals surface area contributed by atoms with Gasteiger partial charge in [0.2, 0.25) is 11.2 Å². The molecule has 2 aromatic rings. The van der Waals surface area contributed by atoms with Crippen molar-refractivity contribution >= 4 is 34.8 Å². The van der Waals surface area contributed by atoms with Crippen LogP contribution in [-0.4, -0.2) is 46.8 Å². The molecule has 2 aliphatic carbocycles. The maximum absolute atomic E-state index is 14.5. The van der Waals surface area contributed by atoms with Crippen molar-refractivity contribution in [2.45, 2.75) is 130 Å². The molecular weight excluding hydrogens is 620 g/mol. The number of benzene rings is 1. The Morgan fingerprint density at radius 1 is 0.771 bits per heavy atom. The summed E-state index contributed by atoms with van der Waals surface area (Å²) in [5.74, 6) is -1.79. The van der Waals surface area contributed by atoms with E-state index in [4.69, 9.17) is 28.1 Å². The zero-order valence-electron chi connectivity index (χ0n) is 29.1. The first-order valence-corrected chi connectivity index (χ1v) is 16.9. The van der Waals surface area contributed by atoms with Crippen LogP contribution in [-0.2, 0) is 44.5 Å². The van der Waals surface area contributed by atoms with E-state index >= 15 is 0 Å². The fraction of sp³-hybridized carbons (Fsp3) is 0.649. The molecule has 48 heavy (non-hydrogen) atoms. The van der Waals surface area contributed by atoms with E-state index in [1.54, 1.807) is 39.8 Å². The molecule has 7 rings (SSSR count). The summed E-state index contributed by atoms with van der Waals surface area (Å²) >= 11 is 0. The smallest absolute Gasteiger partial charge is 0.351 e. The molecule has 2 saturated carbocycles. The highest BCUT2D eigenvalue weighted by atomic mass is 16.7. The van der Waals surface area contributed by atoms with Gasteiger partial charge in [-0.25, -0.2) is 9.59 Å². The first-order valence-electron chi connectivity index (χ1n) is 16.9. The van der Waals surface area contributed by atoms with E-state index in [1.807, 2.05) is 34.6 Å². The Morgan fingerprint density at radius 3 is 1.79 bits per heavy atom. The Kier molecular flexibility index (Phi) is 6.55. The summed E-state index contributed by atoms with van der Waals surface area (Å²) < 4.78 is 37.3. The Balaban J connectivity index is 1.38. The number of rotatable bonds is 6. The second-order valence-corrected chi connectivity index (χ2v) is 16.4. The van der Waals surface area contributed by atoms with E-state index in [0.29, 0.717) is 31.4 Å². The molecule has 0 spiro atoms. The van der Waals surface area contributed by atoms with Crippen molar-refractivity contribution < 1.29 is 47.3 Å². The number of esters is 4. The van der Waals surface area contributed by atoms with E-state index in [0.717, 1.165) is 0 Å². The van der Waals surface area contributed by atoms with Crippen LogP contribution in [0.1, 0.15) is 112 Å². The van der Waals surface area contributed by atoms with Crippen LogP contribution in [0.3, 0.4) is 0 Å². The van der Waals surface area contributed by atoms with Crippen molar-refractivity contribution in [1.82, 2.24) is 0 Å². The Labute approximate surface area is 278 Å². The van der Waals surface area contributed by atoms with Gasteiger partial charge in [-0.1, -0.05) is 34.6 Å². The molecule has 2 saturated heterocycles. The molecule has 5 aliphatic rings. The Hall–Kier alpha value is -3.89. The number of fused-ring (bicyclic) bond motifs is 7. The highest BCUT2D eigenvalue weighted by Gasteiger charge is 2.78. The average Bonchev–Trinajstić information content (AvgIpc) is 3.46. The van der Waals surface area contributed by atoms with E-state index in [1.165, 1.54) is 6.07 Å². The fourth-order valence-corrected chi connectivity index (χ4v) is 9.01. The Morgan fingerprint density at radius 2 is 1.31 bits per heavy atom. The minimum Gasteiger partial charge on any atom is -0.483 e. The van der Waals surface area contributed by atoms with Gasteiger partial charge in [-0.3, -0.25) is 14.4 Å². The van der Waals surface area contributed by atoms with E-state index in [9.17, 15) is 24.0 Å². The van der Waals surface area contributed by atoms with Gasteiger partial charge >= 0.3 is 23.9 Å². The highest BCUT2D eigenvalue weighted by molar-refractivity contribution is 5.95. The first kappa shape index (κ1) is 32.6. The standard InChI is InChI=1S/C37H44O11/c1-10-11-19-18-21(38)20-12-13-22-23(24(20)43-19)25(44-29(41)36-16-14-34(8,27(39)47-36)32(36,4)5)26(31(2,3)46-22)45-30(42)37-17-15-35(9,28(40)48-37)33(37,6)7/h12-13,18,25-26H,10-11,14-17H2,1-9H3/t25-,26-,34-,35-,36+,37+/m1/s1. The van der Waals surface area contributed by atoms with Crippen LogP contribution in [0, 0.1) is 21.7 Å². The molecule has 1 aromatic carbocycles.